The van der Waals surface area contributed by atoms with E-state index in [1.807, 2.05) is 42.1 Å². The number of hydrogen-bond donors (Lipinski definition) is 1. The van der Waals surface area contributed by atoms with E-state index in [9.17, 15) is 9.90 Å². The standard InChI is InChI=1S/C14H12N2O3/c1-8-12(14(17)18)13(19-15-8)10-7-16(2)11-6-4-3-5-9(10)11/h3-7H,1-2H3,(H,17,18). The quantitative estimate of drug-likeness (QED) is 0.765. The van der Waals surface area contributed by atoms with E-state index in [1.165, 1.54) is 0 Å². The molecule has 0 saturated heterocycles. The SMILES string of the molecule is Cc1noc(-c2cn(C)c3ccccc23)c1C(=O)O. The van der Waals surface area contributed by atoms with Gasteiger partial charge >= 0.3 is 5.97 Å². The van der Waals surface area contributed by atoms with Crippen molar-refractivity contribution in [3.63, 3.8) is 0 Å². The third-order valence-electron chi connectivity index (χ3n) is 3.22. The van der Waals surface area contributed by atoms with Crippen molar-refractivity contribution in [1.29, 1.82) is 0 Å². The van der Waals surface area contributed by atoms with Gasteiger partial charge in [-0.15, -0.1) is 0 Å². The van der Waals surface area contributed by atoms with E-state index in [1.54, 1.807) is 6.92 Å². The van der Waals surface area contributed by atoms with Crippen molar-refractivity contribution >= 4 is 16.9 Å². The molecule has 0 fully saturated rings. The molecule has 0 spiro atoms. The maximum Gasteiger partial charge on any atom is 0.341 e. The van der Waals surface area contributed by atoms with Crippen LogP contribution in [-0.2, 0) is 7.05 Å². The predicted octanol–water partition coefficient (Wildman–Crippen LogP) is 2.84. The molecule has 19 heavy (non-hydrogen) atoms. The number of aromatic nitrogens is 2. The molecule has 0 aliphatic rings. The minimum atomic E-state index is -1.03. The van der Waals surface area contributed by atoms with E-state index in [4.69, 9.17) is 4.52 Å². The topological polar surface area (TPSA) is 68.3 Å². The van der Waals surface area contributed by atoms with Gasteiger partial charge in [-0.25, -0.2) is 4.79 Å². The summed E-state index contributed by atoms with van der Waals surface area (Å²) in [7, 11) is 1.91. The molecule has 1 aromatic carbocycles. The van der Waals surface area contributed by atoms with E-state index in [-0.39, 0.29) is 5.56 Å². The van der Waals surface area contributed by atoms with Crippen molar-refractivity contribution in [1.82, 2.24) is 9.72 Å². The number of nitrogens with zero attached hydrogens (tertiary/aromatic N) is 2. The normalized spacial score (nSPS) is 11.1. The maximum absolute atomic E-state index is 11.3. The molecule has 0 amide bonds. The van der Waals surface area contributed by atoms with E-state index < -0.39 is 5.97 Å². The van der Waals surface area contributed by atoms with Crippen LogP contribution in [0.5, 0.6) is 0 Å². The number of carboxylic acids is 1. The third-order valence-corrected chi connectivity index (χ3v) is 3.22. The molecular weight excluding hydrogens is 244 g/mol. The molecule has 1 N–H and O–H groups in total. The minimum Gasteiger partial charge on any atom is -0.477 e. The molecule has 0 bridgehead atoms. The Morgan fingerprint density at radius 1 is 1.37 bits per heavy atom. The first-order valence-corrected chi connectivity index (χ1v) is 5.83. The number of fused-ring (bicyclic) bond motifs is 1. The molecule has 0 atom stereocenters. The molecule has 3 aromatic rings. The van der Waals surface area contributed by atoms with Crippen LogP contribution in [0.1, 0.15) is 16.1 Å². The van der Waals surface area contributed by atoms with Gasteiger partial charge in [0, 0.05) is 29.7 Å². The highest BCUT2D eigenvalue weighted by atomic mass is 16.5. The maximum atomic E-state index is 11.3. The van der Waals surface area contributed by atoms with Gasteiger partial charge in [0.1, 0.15) is 5.56 Å². The lowest BCUT2D eigenvalue weighted by molar-refractivity contribution is 0.0696. The summed E-state index contributed by atoms with van der Waals surface area (Å²) in [6, 6.07) is 7.77. The summed E-state index contributed by atoms with van der Waals surface area (Å²) >= 11 is 0. The second-order valence-electron chi connectivity index (χ2n) is 4.45. The summed E-state index contributed by atoms with van der Waals surface area (Å²) < 4.78 is 7.16. The summed E-state index contributed by atoms with van der Waals surface area (Å²) in [6.45, 7) is 1.63. The number of aryl methyl sites for hydroxylation is 2. The highest BCUT2D eigenvalue weighted by Crippen LogP contribution is 2.33. The molecule has 0 saturated carbocycles. The molecule has 0 unspecified atom stereocenters. The second-order valence-corrected chi connectivity index (χ2v) is 4.45. The van der Waals surface area contributed by atoms with Crippen molar-refractivity contribution < 1.29 is 14.4 Å². The molecule has 2 aromatic heterocycles. The van der Waals surface area contributed by atoms with Crippen molar-refractivity contribution in [2.75, 3.05) is 0 Å². The largest absolute Gasteiger partial charge is 0.477 e. The zero-order valence-electron chi connectivity index (χ0n) is 10.5. The zero-order valence-corrected chi connectivity index (χ0v) is 10.5. The Bertz CT molecular complexity index is 783. The fourth-order valence-electron chi connectivity index (χ4n) is 2.33. The van der Waals surface area contributed by atoms with Crippen molar-refractivity contribution in [3.05, 3.63) is 41.7 Å². The number of rotatable bonds is 2. The lowest BCUT2D eigenvalue weighted by Crippen LogP contribution is -1.98. The number of benzene rings is 1. The monoisotopic (exact) mass is 256 g/mol. The second kappa shape index (κ2) is 3.98. The summed E-state index contributed by atoms with van der Waals surface area (Å²) in [5, 5.41) is 14.0. The van der Waals surface area contributed by atoms with Crippen LogP contribution in [0.2, 0.25) is 0 Å². The van der Waals surface area contributed by atoms with Gasteiger partial charge in [0.05, 0.1) is 5.69 Å². The molecule has 2 heterocycles. The van der Waals surface area contributed by atoms with Crippen LogP contribution < -0.4 is 0 Å². The van der Waals surface area contributed by atoms with Crippen LogP contribution >= 0.6 is 0 Å². The Morgan fingerprint density at radius 2 is 2.11 bits per heavy atom. The molecule has 0 aliphatic heterocycles. The van der Waals surface area contributed by atoms with E-state index >= 15 is 0 Å². The Hall–Kier alpha value is -2.56. The summed E-state index contributed by atoms with van der Waals surface area (Å²) in [6.07, 6.45) is 1.86. The first-order chi connectivity index (χ1) is 9.09. The van der Waals surface area contributed by atoms with Gasteiger partial charge in [-0.1, -0.05) is 23.4 Å². The van der Waals surface area contributed by atoms with E-state index in [0.29, 0.717) is 11.5 Å². The first-order valence-electron chi connectivity index (χ1n) is 5.83. The minimum absolute atomic E-state index is 0.122. The number of aromatic carboxylic acids is 1. The van der Waals surface area contributed by atoms with Gasteiger partial charge in [0.2, 0.25) is 0 Å². The van der Waals surface area contributed by atoms with Gasteiger partial charge in [-0.2, -0.15) is 0 Å². The summed E-state index contributed by atoms with van der Waals surface area (Å²) in [4.78, 5) is 11.3. The molecule has 0 aliphatic carbocycles. The van der Waals surface area contributed by atoms with Crippen LogP contribution in [0.3, 0.4) is 0 Å². The Labute approximate surface area is 109 Å². The van der Waals surface area contributed by atoms with Crippen molar-refractivity contribution in [3.8, 4) is 11.3 Å². The Kier molecular flexibility index (Phi) is 2.41. The summed E-state index contributed by atoms with van der Waals surface area (Å²) in [5.41, 5.74) is 2.27. The Balaban J connectivity index is 2.34. The fraction of sp³-hybridized carbons (Fsp3) is 0.143. The Morgan fingerprint density at radius 3 is 2.84 bits per heavy atom. The third kappa shape index (κ3) is 1.62. The first kappa shape index (κ1) is 11.5. The molecule has 3 rings (SSSR count). The molecule has 5 nitrogen and oxygen atoms in total. The van der Waals surface area contributed by atoms with Crippen LogP contribution in [0.15, 0.2) is 35.0 Å². The van der Waals surface area contributed by atoms with Crippen LogP contribution in [0.4, 0.5) is 0 Å². The lowest BCUT2D eigenvalue weighted by atomic mass is 10.1. The zero-order chi connectivity index (χ0) is 13.6. The number of carboxylic acid groups (broad SMARTS) is 1. The van der Waals surface area contributed by atoms with Gasteiger partial charge < -0.3 is 14.2 Å². The van der Waals surface area contributed by atoms with Crippen LogP contribution in [-0.4, -0.2) is 20.8 Å². The van der Waals surface area contributed by atoms with Gasteiger partial charge in [-0.05, 0) is 13.0 Å². The molecule has 96 valence electrons. The summed E-state index contributed by atoms with van der Waals surface area (Å²) in [5.74, 6) is -0.719. The van der Waals surface area contributed by atoms with Gasteiger partial charge in [0.15, 0.2) is 5.76 Å². The average Bonchev–Trinajstić information content (AvgIpc) is 2.91. The van der Waals surface area contributed by atoms with Crippen LogP contribution in [0, 0.1) is 6.92 Å². The predicted molar refractivity (Wildman–Crippen MR) is 70.1 cm³/mol. The number of para-hydroxylation sites is 1. The van der Waals surface area contributed by atoms with E-state index in [0.717, 1.165) is 16.5 Å². The average molecular weight is 256 g/mol. The van der Waals surface area contributed by atoms with Crippen molar-refractivity contribution in [2.45, 2.75) is 6.92 Å². The molecule has 0 radical (unpaired) electrons. The van der Waals surface area contributed by atoms with E-state index in [2.05, 4.69) is 5.16 Å². The van der Waals surface area contributed by atoms with Crippen LogP contribution in [0.25, 0.3) is 22.2 Å². The fourth-order valence-corrected chi connectivity index (χ4v) is 2.33. The van der Waals surface area contributed by atoms with Gasteiger partial charge in [0.25, 0.3) is 0 Å². The molecular formula is C14H12N2O3. The van der Waals surface area contributed by atoms with Crippen molar-refractivity contribution in [2.24, 2.45) is 7.05 Å². The number of hydrogen-bond acceptors (Lipinski definition) is 3. The number of carbonyl (C=O) groups is 1. The lowest BCUT2D eigenvalue weighted by Gasteiger charge is -1.96. The molecule has 5 heteroatoms. The highest BCUT2D eigenvalue weighted by molar-refractivity contribution is 6.02. The van der Waals surface area contributed by atoms with Gasteiger partial charge in [-0.3, -0.25) is 0 Å². The highest BCUT2D eigenvalue weighted by Gasteiger charge is 2.23. The smallest absolute Gasteiger partial charge is 0.341 e.